The lowest BCUT2D eigenvalue weighted by molar-refractivity contribution is 0.105. The molecule has 88 valence electrons. The summed E-state index contributed by atoms with van der Waals surface area (Å²) in [6.45, 7) is 4.16. The van der Waals surface area contributed by atoms with Crippen molar-refractivity contribution in [2.75, 3.05) is 0 Å². The van der Waals surface area contributed by atoms with Gasteiger partial charge < -0.3 is 0 Å². The van der Waals surface area contributed by atoms with Crippen molar-refractivity contribution in [2.45, 2.75) is 20.3 Å². The van der Waals surface area contributed by atoms with Gasteiger partial charge in [0.2, 0.25) is 0 Å². The monoisotopic (exact) mass is 262 g/mol. The molecule has 0 fully saturated rings. The lowest BCUT2D eigenvalue weighted by atomic mass is 10.2. The summed E-state index contributed by atoms with van der Waals surface area (Å²) in [6, 6.07) is 6.01. The molecule has 0 aliphatic rings. The highest BCUT2D eigenvalue weighted by Crippen LogP contribution is 2.20. The minimum Gasteiger partial charge on any atom is -0.288 e. The number of rotatable bonds is 4. The maximum atomic E-state index is 11.9. The van der Waals surface area contributed by atoms with Gasteiger partial charge in [0.1, 0.15) is 0 Å². The van der Waals surface area contributed by atoms with Crippen molar-refractivity contribution in [3.05, 3.63) is 49.9 Å². The molecule has 0 bridgehead atoms. The minimum atomic E-state index is 0.0995. The van der Waals surface area contributed by atoms with E-state index < -0.39 is 0 Å². The fourth-order valence-corrected chi connectivity index (χ4v) is 3.18. The lowest BCUT2D eigenvalue weighted by Gasteiger charge is -1.90. The summed E-state index contributed by atoms with van der Waals surface area (Å²) in [5.41, 5.74) is 1.22. The Balaban J connectivity index is 2.11. The van der Waals surface area contributed by atoms with Gasteiger partial charge in [-0.15, -0.1) is 22.7 Å². The molecule has 0 saturated carbocycles. The van der Waals surface area contributed by atoms with Gasteiger partial charge in [-0.1, -0.05) is 6.92 Å². The zero-order valence-corrected chi connectivity index (χ0v) is 11.5. The molecule has 2 rings (SSSR count). The van der Waals surface area contributed by atoms with Crippen molar-refractivity contribution >= 4 is 34.5 Å². The predicted molar refractivity (Wildman–Crippen MR) is 76.1 cm³/mol. The van der Waals surface area contributed by atoms with E-state index in [1.807, 2.05) is 23.6 Å². The molecule has 0 spiro atoms. The van der Waals surface area contributed by atoms with Gasteiger partial charge in [-0.3, -0.25) is 4.79 Å². The zero-order valence-electron chi connectivity index (χ0n) is 9.90. The summed E-state index contributed by atoms with van der Waals surface area (Å²) in [5, 5.41) is 2.04. The SMILES string of the molecule is CCc1ccc(C(=O)/C=C/c2sccc2C)s1. The highest BCUT2D eigenvalue weighted by molar-refractivity contribution is 7.14. The predicted octanol–water partition coefficient (Wildman–Crippen LogP) is 4.58. The molecule has 0 radical (unpaired) electrons. The van der Waals surface area contributed by atoms with Crippen molar-refractivity contribution in [3.63, 3.8) is 0 Å². The third kappa shape index (κ3) is 2.93. The first-order valence-corrected chi connectivity index (χ1v) is 7.25. The number of allylic oxidation sites excluding steroid dienone is 1. The van der Waals surface area contributed by atoms with Crippen molar-refractivity contribution < 1.29 is 4.79 Å². The van der Waals surface area contributed by atoms with Crippen LogP contribution in [0.1, 0.15) is 31.9 Å². The van der Waals surface area contributed by atoms with Crippen LogP contribution in [0.15, 0.2) is 29.7 Å². The average Bonchev–Trinajstić information content (AvgIpc) is 2.94. The zero-order chi connectivity index (χ0) is 12.3. The van der Waals surface area contributed by atoms with Gasteiger partial charge >= 0.3 is 0 Å². The van der Waals surface area contributed by atoms with Gasteiger partial charge in [-0.2, -0.15) is 0 Å². The van der Waals surface area contributed by atoms with Crippen LogP contribution in [0.3, 0.4) is 0 Å². The Labute approximate surface area is 109 Å². The molecule has 0 aromatic carbocycles. The van der Waals surface area contributed by atoms with Gasteiger partial charge in [-0.05, 0) is 54.6 Å². The Hall–Kier alpha value is -1.19. The second kappa shape index (κ2) is 5.43. The molecule has 0 aliphatic heterocycles. The fraction of sp³-hybridized carbons (Fsp3) is 0.214. The van der Waals surface area contributed by atoms with Gasteiger partial charge in [0.05, 0.1) is 4.88 Å². The Kier molecular flexibility index (Phi) is 3.92. The van der Waals surface area contributed by atoms with Crippen LogP contribution in [0.2, 0.25) is 0 Å². The highest BCUT2D eigenvalue weighted by Gasteiger charge is 2.05. The van der Waals surface area contributed by atoms with Gasteiger partial charge in [0, 0.05) is 9.75 Å². The third-order valence-corrected chi connectivity index (χ3v) is 4.77. The molecule has 0 amide bonds. The molecule has 0 unspecified atom stereocenters. The lowest BCUT2D eigenvalue weighted by Crippen LogP contribution is -1.88. The first-order valence-electron chi connectivity index (χ1n) is 5.56. The van der Waals surface area contributed by atoms with Crippen LogP contribution in [0.5, 0.6) is 0 Å². The normalized spacial score (nSPS) is 11.2. The maximum absolute atomic E-state index is 11.9. The van der Waals surface area contributed by atoms with E-state index in [4.69, 9.17) is 0 Å². The molecule has 0 saturated heterocycles. The molecule has 0 atom stereocenters. The Bertz CT molecular complexity index is 546. The van der Waals surface area contributed by atoms with Gasteiger partial charge in [0.15, 0.2) is 5.78 Å². The number of thiophene rings is 2. The van der Waals surface area contributed by atoms with E-state index in [-0.39, 0.29) is 5.78 Å². The summed E-state index contributed by atoms with van der Waals surface area (Å²) in [7, 11) is 0. The summed E-state index contributed by atoms with van der Waals surface area (Å²) < 4.78 is 0. The van der Waals surface area contributed by atoms with Gasteiger partial charge in [-0.25, -0.2) is 0 Å². The molecule has 0 aliphatic carbocycles. The van der Waals surface area contributed by atoms with E-state index >= 15 is 0 Å². The van der Waals surface area contributed by atoms with Crippen molar-refractivity contribution in [1.82, 2.24) is 0 Å². The van der Waals surface area contributed by atoms with Crippen LogP contribution < -0.4 is 0 Å². The van der Waals surface area contributed by atoms with Crippen LogP contribution in [-0.4, -0.2) is 5.78 Å². The fourth-order valence-electron chi connectivity index (χ4n) is 1.49. The molecule has 2 heterocycles. The minimum absolute atomic E-state index is 0.0995. The Morgan fingerprint density at radius 1 is 1.35 bits per heavy atom. The number of ketones is 1. The second-order valence-corrected chi connectivity index (χ2v) is 5.90. The molecular formula is C14H14OS2. The average molecular weight is 262 g/mol. The van der Waals surface area contributed by atoms with Crippen molar-refractivity contribution in [2.24, 2.45) is 0 Å². The van der Waals surface area contributed by atoms with Crippen LogP contribution in [0.4, 0.5) is 0 Å². The Morgan fingerprint density at radius 2 is 2.18 bits per heavy atom. The molecule has 0 N–H and O–H groups in total. The molecule has 2 aromatic heterocycles. The van der Waals surface area contributed by atoms with E-state index in [0.29, 0.717) is 0 Å². The molecule has 2 aromatic rings. The number of hydrogen-bond acceptors (Lipinski definition) is 3. The molecule has 3 heteroatoms. The van der Waals surface area contributed by atoms with Crippen LogP contribution >= 0.6 is 22.7 Å². The molecule has 1 nitrogen and oxygen atoms in total. The smallest absolute Gasteiger partial charge is 0.195 e. The largest absolute Gasteiger partial charge is 0.288 e. The summed E-state index contributed by atoms with van der Waals surface area (Å²) in [6.07, 6.45) is 4.57. The molecular weight excluding hydrogens is 248 g/mol. The second-order valence-electron chi connectivity index (χ2n) is 3.78. The van der Waals surface area contributed by atoms with Crippen molar-refractivity contribution in [1.29, 1.82) is 0 Å². The van der Waals surface area contributed by atoms with E-state index in [1.54, 1.807) is 28.7 Å². The van der Waals surface area contributed by atoms with Crippen LogP contribution in [0, 0.1) is 6.92 Å². The standard InChI is InChI=1S/C14H14OS2/c1-3-11-4-6-14(17-11)12(15)5-7-13-10(2)8-9-16-13/h4-9H,3H2,1-2H3/b7-5+. The number of carbonyl (C=O) groups is 1. The Morgan fingerprint density at radius 3 is 2.76 bits per heavy atom. The van der Waals surface area contributed by atoms with E-state index in [0.717, 1.165) is 16.2 Å². The van der Waals surface area contributed by atoms with E-state index in [1.165, 1.54) is 10.4 Å². The summed E-state index contributed by atoms with van der Waals surface area (Å²) >= 11 is 3.25. The summed E-state index contributed by atoms with van der Waals surface area (Å²) in [5.74, 6) is 0.0995. The van der Waals surface area contributed by atoms with Crippen LogP contribution in [-0.2, 0) is 6.42 Å². The van der Waals surface area contributed by atoms with E-state index in [9.17, 15) is 4.79 Å². The first kappa shape index (κ1) is 12.3. The first-order chi connectivity index (χ1) is 8.20. The number of carbonyl (C=O) groups excluding carboxylic acids is 1. The van der Waals surface area contributed by atoms with E-state index in [2.05, 4.69) is 19.9 Å². The highest BCUT2D eigenvalue weighted by atomic mass is 32.1. The topological polar surface area (TPSA) is 17.1 Å². The summed E-state index contributed by atoms with van der Waals surface area (Å²) in [4.78, 5) is 15.2. The maximum Gasteiger partial charge on any atom is 0.195 e. The quantitative estimate of drug-likeness (QED) is 0.582. The number of hydrogen-bond donors (Lipinski definition) is 0. The third-order valence-electron chi connectivity index (χ3n) is 2.54. The van der Waals surface area contributed by atoms with Crippen molar-refractivity contribution in [3.8, 4) is 0 Å². The molecule has 17 heavy (non-hydrogen) atoms. The van der Waals surface area contributed by atoms with Gasteiger partial charge in [0.25, 0.3) is 0 Å². The van der Waals surface area contributed by atoms with Crippen LogP contribution in [0.25, 0.3) is 6.08 Å². The number of aryl methyl sites for hydroxylation is 2.